The van der Waals surface area contributed by atoms with Gasteiger partial charge in [0.05, 0.1) is 17.1 Å². The van der Waals surface area contributed by atoms with Gasteiger partial charge in [-0.1, -0.05) is 23.2 Å². The molecule has 2 aliphatic heterocycles. The number of piperidine rings is 1. The first kappa shape index (κ1) is 17.0. The van der Waals surface area contributed by atoms with E-state index in [2.05, 4.69) is 10.6 Å². The fraction of sp³-hybridized carbons (Fsp3) is 0.438. The van der Waals surface area contributed by atoms with E-state index >= 15 is 0 Å². The van der Waals surface area contributed by atoms with E-state index < -0.39 is 5.91 Å². The maximum absolute atomic E-state index is 12.3. The minimum Gasteiger partial charge on any atom is -0.351 e. The van der Waals surface area contributed by atoms with E-state index in [1.165, 1.54) is 12.1 Å². The summed E-state index contributed by atoms with van der Waals surface area (Å²) in [6.07, 6.45) is 1.33. The molecule has 1 aromatic rings. The molecule has 0 bridgehead atoms. The number of benzene rings is 1. The summed E-state index contributed by atoms with van der Waals surface area (Å²) in [5.41, 5.74) is 0.235. The number of nitrogens with zero attached hydrogens (tertiary/aromatic N) is 1. The Morgan fingerprint density at radius 2 is 2.12 bits per heavy atom. The van der Waals surface area contributed by atoms with Crippen molar-refractivity contribution in [2.75, 3.05) is 19.6 Å². The molecule has 6 nitrogen and oxygen atoms in total. The molecule has 0 spiro atoms. The molecule has 2 aliphatic rings. The van der Waals surface area contributed by atoms with Crippen LogP contribution in [-0.4, -0.2) is 48.3 Å². The molecular formula is C16H17Cl2N3O3. The van der Waals surface area contributed by atoms with Gasteiger partial charge in [-0.15, -0.1) is 0 Å². The highest BCUT2D eigenvalue weighted by Gasteiger charge is 2.37. The average Bonchev–Trinajstić information content (AvgIpc) is 2.93. The van der Waals surface area contributed by atoms with Crippen LogP contribution >= 0.6 is 23.2 Å². The molecule has 3 rings (SSSR count). The molecule has 2 atom stereocenters. The van der Waals surface area contributed by atoms with Crippen molar-refractivity contribution in [3.8, 4) is 0 Å². The number of hydrogen-bond donors (Lipinski definition) is 2. The van der Waals surface area contributed by atoms with Gasteiger partial charge in [0.1, 0.15) is 0 Å². The smallest absolute Gasteiger partial charge is 0.253 e. The van der Waals surface area contributed by atoms with Crippen LogP contribution < -0.4 is 10.6 Å². The Balaban J connectivity index is 1.55. The van der Waals surface area contributed by atoms with E-state index in [0.717, 1.165) is 6.42 Å². The van der Waals surface area contributed by atoms with Crippen LogP contribution in [-0.2, 0) is 9.59 Å². The summed E-state index contributed by atoms with van der Waals surface area (Å²) in [5, 5.41) is 6.14. The minimum absolute atomic E-state index is 0.0216. The van der Waals surface area contributed by atoms with Gasteiger partial charge in [0.2, 0.25) is 11.8 Å². The van der Waals surface area contributed by atoms with Crippen LogP contribution in [0.5, 0.6) is 0 Å². The van der Waals surface area contributed by atoms with Crippen LogP contribution in [0.1, 0.15) is 23.2 Å². The molecule has 2 heterocycles. The second-order valence-electron chi connectivity index (χ2n) is 6.07. The van der Waals surface area contributed by atoms with Crippen molar-refractivity contribution < 1.29 is 14.4 Å². The standard InChI is InChI=1S/C16H17Cl2N3O3/c17-10-1-2-12(18)11(6-10)16(24)19-7-15(23)21-4-3-9-5-14(22)20-13(9)8-21/h1-2,6,9,13H,3-5,7-8H2,(H,19,24)(H,20,22)/t9-,13-/m1/s1. The first-order chi connectivity index (χ1) is 11.4. The average molecular weight is 370 g/mol. The molecule has 0 unspecified atom stereocenters. The second kappa shape index (κ2) is 6.99. The Bertz CT molecular complexity index is 695. The van der Waals surface area contributed by atoms with E-state index in [9.17, 15) is 14.4 Å². The van der Waals surface area contributed by atoms with Gasteiger partial charge >= 0.3 is 0 Å². The Hall–Kier alpha value is -1.79. The van der Waals surface area contributed by atoms with E-state index in [-0.39, 0.29) is 35.0 Å². The zero-order chi connectivity index (χ0) is 17.3. The molecule has 2 N–H and O–H groups in total. The van der Waals surface area contributed by atoms with Crippen LogP contribution in [0.4, 0.5) is 0 Å². The van der Waals surface area contributed by atoms with Gasteiger partial charge in [0, 0.05) is 30.6 Å². The van der Waals surface area contributed by atoms with Crippen molar-refractivity contribution in [3.63, 3.8) is 0 Å². The number of rotatable bonds is 3. The van der Waals surface area contributed by atoms with Crippen molar-refractivity contribution in [2.45, 2.75) is 18.9 Å². The number of likely N-dealkylation sites (tertiary alicyclic amines) is 1. The van der Waals surface area contributed by atoms with Gasteiger partial charge in [-0.3, -0.25) is 14.4 Å². The molecule has 2 saturated heterocycles. The van der Waals surface area contributed by atoms with Crippen LogP contribution in [0.15, 0.2) is 18.2 Å². The maximum Gasteiger partial charge on any atom is 0.253 e. The molecule has 0 saturated carbocycles. The second-order valence-corrected chi connectivity index (χ2v) is 6.92. The predicted octanol–water partition coefficient (Wildman–Crippen LogP) is 1.46. The summed E-state index contributed by atoms with van der Waals surface area (Å²) in [7, 11) is 0. The van der Waals surface area contributed by atoms with Crippen molar-refractivity contribution in [1.29, 1.82) is 0 Å². The Kier molecular flexibility index (Phi) is 4.96. The first-order valence-corrected chi connectivity index (χ1v) is 8.50. The number of carbonyl (C=O) groups is 3. The van der Waals surface area contributed by atoms with Gasteiger partial charge in [-0.2, -0.15) is 0 Å². The van der Waals surface area contributed by atoms with Gasteiger partial charge in [0.25, 0.3) is 5.91 Å². The van der Waals surface area contributed by atoms with Gasteiger partial charge < -0.3 is 15.5 Å². The monoisotopic (exact) mass is 369 g/mol. The summed E-state index contributed by atoms with van der Waals surface area (Å²) < 4.78 is 0. The highest BCUT2D eigenvalue weighted by Crippen LogP contribution is 2.26. The summed E-state index contributed by atoms with van der Waals surface area (Å²) in [6.45, 7) is 0.971. The fourth-order valence-corrected chi connectivity index (χ4v) is 3.55. The number of carbonyl (C=O) groups excluding carboxylic acids is 3. The maximum atomic E-state index is 12.3. The van der Waals surface area contributed by atoms with E-state index in [1.807, 2.05) is 0 Å². The zero-order valence-corrected chi connectivity index (χ0v) is 14.4. The molecule has 2 fully saturated rings. The van der Waals surface area contributed by atoms with Gasteiger partial charge in [-0.05, 0) is 30.5 Å². The lowest BCUT2D eigenvalue weighted by Crippen LogP contribution is -2.51. The lowest BCUT2D eigenvalue weighted by Gasteiger charge is -2.34. The Morgan fingerprint density at radius 1 is 1.33 bits per heavy atom. The third-order valence-electron chi connectivity index (χ3n) is 4.48. The van der Waals surface area contributed by atoms with Crippen LogP contribution in [0, 0.1) is 5.92 Å². The van der Waals surface area contributed by atoms with Crippen molar-refractivity contribution >= 4 is 40.9 Å². The van der Waals surface area contributed by atoms with Crippen LogP contribution in [0.25, 0.3) is 0 Å². The lowest BCUT2D eigenvalue weighted by molar-refractivity contribution is -0.132. The number of amides is 3. The summed E-state index contributed by atoms with van der Waals surface area (Å²) in [6, 6.07) is 4.61. The summed E-state index contributed by atoms with van der Waals surface area (Å²) in [4.78, 5) is 37.5. The third kappa shape index (κ3) is 3.65. The molecule has 1 aromatic carbocycles. The molecule has 8 heteroatoms. The SMILES string of the molecule is O=C1C[C@H]2CCN(C(=O)CNC(=O)c3cc(Cl)ccc3Cl)C[C@H]2N1. The third-order valence-corrected chi connectivity index (χ3v) is 5.04. The number of fused-ring (bicyclic) bond motifs is 1. The molecule has 3 amide bonds. The normalized spacial score (nSPS) is 22.8. The molecular weight excluding hydrogens is 353 g/mol. The number of nitrogens with one attached hydrogen (secondary N) is 2. The topological polar surface area (TPSA) is 78.5 Å². The van der Waals surface area contributed by atoms with Crippen molar-refractivity contribution in [2.24, 2.45) is 5.92 Å². The quantitative estimate of drug-likeness (QED) is 0.846. The molecule has 128 valence electrons. The largest absolute Gasteiger partial charge is 0.351 e. The van der Waals surface area contributed by atoms with Crippen molar-refractivity contribution in [1.82, 2.24) is 15.5 Å². The van der Waals surface area contributed by atoms with Gasteiger partial charge in [-0.25, -0.2) is 0 Å². The van der Waals surface area contributed by atoms with Crippen LogP contribution in [0.2, 0.25) is 10.0 Å². The zero-order valence-electron chi connectivity index (χ0n) is 12.9. The van der Waals surface area contributed by atoms with E-state index in [0.29, 0.717) is 30.5 Å². The van der Waals surface area contributed by atoms with Crippen LogP contribution in [0.3, 0.4) is 0 Å². The first-order valence-electron chi connectivity index (χ1n) is 7.74. The highest BCUT2D eigenvalue weighted by atomic mass is 35.5. The summed E-state index contributed by atoms with van der Waals surface area (Å²) in [5.74, 6) is -0.273. The fourth-order valence-electron chi connectivity index (χ4n) is 3.17. The van der Waals surface area contributed by atoms with E-state index in [1.54, 1.807) is 11.0 Å². The molecule has 0 aromatic heterocycles. The molecule has 0 radical (unpaired) electrons. The lowest BCUT2D eigenvalue weighted by atomic mass is 9.92. The number of hydrogen-bond acceptors (Lipinski definition) is 3. The van der Waals surface area contributed by atoms with E-state index in [4.69, 9.17) is 23.2 Å². The Labute approximate surface area is 149 Å². The Morgan fingerprint density at radius 3 is 2.92 bits per heavy atom. The van der Waals surface area contributed by atoms with Gasteiger partial charge in [0.15, 0.2) is 0 Å². The molecule has 24 heavy (non-hydrogen) atoms. The predicted molar refractivity (Wildman–Crippen MR) is 90.0 cm³/mol. The van der Waals surface area contributed by atoms with Crippen molar-refractivity contribution in [3.05, 3.63) is 33.8 Å². The minimum atomic E-state index is -0.445. The number of halogens is 2. The summed E-state index contributed by atoms with van der Waals surface area (Å²) >= 11 is 11.8. The highest BCUT2D eigenvalue weighted by molar-refractivity contribution is 6.35. The molecule has 0 aliphatic carbocycles.